The van der Waals surface area contributed by atoms with Gasteiger partial charge >= 0.3 is 0 Å². The van der Waals surface area contributed by atoms with Crippen molar-refractivity contribution in [3.8, 4) is 0 Å². The molecule has 4 heterocycles. The lowest BCUT2D eigenvalue weighted by atomic mass is 9.97. The van der Waals surface area contributed by atoms with Gasteiger partial charge in [0.1, 0.15) is 17.0 Å². The highest BCUT2D eigenvalue weighted by Gasteiger charge is 2.33. The van der Waals surface area contributed by atoms with E-state index in [2.05, 4.69) is 31.9 Å². The molecule has 1 fully saturated rings. The number of nitrogens with one attached hydrogen (secondary N) is 1. The molecule has 0 amide bonds. The van der Waals surface area contributed by atoms with E-state index in [-0.39, 0.29) is 11.5 Å². The van der Waals surface area contributed by atoms with Crippen molar-refractivity contribution in [2.24, 2.45) is 5.92 Å². The fraction of sp³-hybridized carbons (Fsp3) is 0.350. The molecule has 0 aromatic carbocycles. The molecule has 3 aromatic heterocycles. The summed E-state index contributed by atoms with van der Waals surface area (Å²) >= 11 is 0. The van der Waals surface area contributed by atoms with E-state index in [0.717, 1.165) is 42.5 Å². The molecule has 8 nitrogen and oxygen atoms in total. The minimum Gasteiger partial charge on any atom is -0.310 e. The molecule has 1 N–H and O–H groups in total. The molecule has 0 radical (unpaired) electrons. The molecule has 2 aliphatic rings. The molecule has 1 saturated heterocycles. The maximum Gasteiger partial charge on any atom is 0.262 e. The summed E-state index contributed by atoms with van der Waals surface area (Å²) in [6.45, 7) is 6.65. The lowest BCUT2D eigenvalue weighted by Gasteiger charge is -2.16. The number of likely N-dealkylation sites (tertiary alicyclic amines) is 1. The highest BCUT2D eigenvalue weighted by Crippen LogP contribution is 2.31. The molecule has 1 aliphatic heterocycles. The highest BCUT2D eigenvalue weighted by molar-refractivity contribution is 5.80. The molecule has 2 atom stereocenters. The van der Waals surface area contributed by atoms with Crippen LogP contribution in [0.1, 0.15) is 30.1 Å². The second-order valence-corrected chi connectivity index (χ2v) is 7.61. The van der Waals surface area contributed by atoms with Crippen LogP contribution in [0.3, 0.4) is 0 Å². The number of aryl methyl sites for hydroxylation is 1. The summed E-state index contributed by atoms with van der Waals surface area (Å²) in [5.41, 5.74) is 2.52. The van der Waals surface area contributed by atoms with E-state index >= 15 is 0 Å². The van der Waals surface area contributed by atoms with Gasteiger partial charge in [-0.3, -0.25) is 9.69 Å². The van der Waals surface area contributed by atoms with E-state index < -0.39 is 0 Å². The van der Waals surface area contributed by atoms with E-state index in [1.165, 1.54) is 0 Å². The Balaban J connectivity index is 1.43. The summed E-state index contributed by atoms with van der Waals surface area (Å²) < 4.78 is 1.73. The van der Waals surface area contributed by atoms with Gasteiger partial charge in [-0.1, -0.05) is 13.0 Å². The Morgan fingerprint density at radius 3 is 2.71 bits per heavy atom. The Bertz CT molecular complexity index is 1160. The van der Waals surface area contributed by atoms with Gasteiger partial charge in [0.15, 0.2) is 5.65 Å². The number of hydrogen-bond donors (Lipinski definition) is 1. The zero-order valence-corrected chi connectivity index (χ0v) is 15.8. The van der Waals surface area contributed by atoms with Crippen LogP contribution < -0.4 is 5.56 Å². The fourth-order valence-electron chi connectivity index (χ4n) is 3.93. The Labute approximate surface area is 161 Å². The van der Waals surface area contributed by atoms with Crippen LogP contribution in [0.2, 0.25) is 0 Å². The highest BCUT2D eigenvalue weighted by atomic mass is 16.1. The van der Waals surface area contributed by atoms with Crippen molar-refractivity contribution < 1.29 is 0 Å². The maximum absolute atomic E-state index is 12.6. The van der Waals surface area contributed by atoms with Gasteiger partial charge in [0, 0.05) is 43.5 Å². The maximum atomic E-state index is 12.6. The number of aromatic nitrogens is 6. The van der Waals surface area contributed by atoms with Gasteiger partial charge in [-0.05, 0) is 25.0 Å². The number of aromatic amines is 1. The SMILES string of the molecule is Cc1ncc(CN2CC(C)C(c3nc4c(cnn4C4=CC=C4)c(=O)[nH]3)C2)cn1. The molecule has 3 aromatic rings. The summed E-state index contributed by atoms with van der Waals surface area (Å²) in [7, 11) is 0. The van der Waals surface area contributed by atoms with E-state index in [0.29, 0.717) is 17.0 Å². The third-order valence-electron chi connectivity index (χ3n) is 5.51. The van der Waals surface area contributed by atoms with Crippen molar-refractivity contribution in [3.63, 3.8) is 0 Å². The summed E-state index contributed by atoms with van der Waals surface area (Å²) in [5.74, 6) is 2.06. The van der Waals surface area contributed by atoms with Crippen molar-refractivity contribution in [3.05, 3.63) is 64.4 Å². The Kier molecular flexibility index (Phi) is 3.94. The first-order chi connectivity index (χ1) is 13.6. The van der Waals surface area contributed by atoms with Crippen molar-refractivity contribution in [2.45, 2.75) is 26.3 Å². The summed E-state index contributed by atoms with van der Waals surface area (Å²) in [6, 6.07) is 0. The Morgan fingerprint density at radius 1 is 1.21 bits per heavy atom. The molecule has 142 valence electrons. The zero-order valence-electron chi connectivity index (χ0n) is 15.8. The fourth-order valence-corrected chi connectivity index (χ4v) is 3.93. The van der Waals surface area contributed by atoms with Crippen LogP contribution in [0, 0.1) is 12.8 Å². The monoisotopic (exact) mass is 375 g/mol. The molecule has 5 rings (SSSR count). The van der Waals surface area contributed by atoms with Gasteiger partial charge in [0.25, 0.3) is 5.56 Å². The lowest BCUT2D eigenvalue weighted by molar-refractivity contribution is 0.317. The predicted molar refractivity (Wildman–Crippen MR) is 106 cm³/mol. The normalized spacial score (nSPS) is 21.9. The molecule has 8 heteroatoms. The quantitative estimate of drug-likeness (QED) is 0.748. The smallest absolute Gasteiger partial charge is 0.262 e. The molecule has 1 aliphatic carbocycles. The molecule has 0 spiro atoms. The second-order valence-electron chi connectivity index (χ2n) is 7.61. The Hall–Kier alpha value is -3.13. The first-order valence-electron chi connectivity index (χ1n) is 9.45. The standard InChI is InChI=1S/C20H21N7O/c1-12-9-26(10-14-6-21-13(2)22-7-14)11-17(12)18-24-19-16(20(28)25-18)8-23-27(19)15-4-3-5-15/h3-8,12,17H,9-11H2,1-2H3,(H,24,25,28). The zero-order chi connectivity index (χ0) is 19.3. The van der Waals surface area contributed by atoms with Crippen LogP contribution in [0.5, 0.6) is 0 Å². The summed E-state index contributed by atoms with van der Waals surface area (Å²) in [5, 5.41) is 4.85. The number of hydrogen-bond acceptors (Lipinski definition) is 6. The van der Waals surface area contributed by atoms with Crippen LogP contribution in [0.4, 0.5) is 0 Å². The molecular weight excluding hydrogens is 354 g/mol. The molecular formula is C20H21N7O. The minimum absolute atomic E-state index is 0.132. The van der Waals surface area contributed by atoms with Crippen LogP contribution in [-0.4, -0.2) is 47.7 Å². The number of H-pyrrole nitrogens is 1. The van der Waals surface area contributed by atoms with E-state index in [1.807, 2.05) is 37.5 Å². The molecule has 0 saturated carbocycles. The van der Waals surface area contributed by atoms with Crippen molar-refractivity contribution in [1.82, 2.24) is 34.6 Å². The topological polar surface area (TPSA) is 92.6 Å². The molecule has 0 bridgehead atoms. The van der Waals surface area contributed by atoms with Gasteiger partial charge in [-0.2, -0.15) is 5.10 Å². The summed E-state index contributed by atoms with van der Waals surface area (Å²) in [6.07, 6.45) is 11.2. The van der Waals surface area contributed by atoms with Gasteiger partial charge < -0.3 is 4.98 Å². The first-order valence-corrected chi connectivity index (χ1v) is 9.45. The van der Waals surface area contributed by atoms with Gasteiger partial charge in [-0.15, -0.1) is 0 Å². The van der Waals surface area contributed by atoms with Crippen LogP contribution >= 0.6 is 0 Å². The molecule has 28 heavy (non-hydrogen) atoms. The van der Waals surface area contributed by atoms with Gasteiger partial charge in [-0.25, -0.2) is 19.6 Å². The molecule has 2 unspecified atom stereocenters. The van der Waals surface area contributed by atoms with Crippen molar-refractivity contribution >= 4 is 16.7 Å². The van der Waals surface area contributed by atoms with E-state index in [4.69, 9.17) is 4.98 Å². The predicted octanol–water partition coefficient (Wildman–Crippen LogP) is 1.86. The third-order valence-corrected chi connectivity index (χ3v) is 5.51. The van der Waals surface area contributed by atoms with Crippen molar-refractivity contribution in [1.29, 1.82) is 0 Å². The average Bonchev–Trinajstić information content (AvgIpc) is 3.20. The van der Waals surface area contributed by atoms with Crippen LogP contribution in [0.25, 0.3) is 16.7 Å². The van der Waals surface area contributed by atoms with E-state index in [9.17, 15) is 4.79 Å². The number of rotatable bonds is 4. The Morgan fingerprint density at radius 2 is 2.00 bits per heavy atom. The van der Waals surface area contributed by atoms with Crippen LogP contribution in [0.15, 0.2) is 41.6 Å². The number of allylic oxidation sites excluding steroid dienone is 4. The third kappa shape index (κ3) is 2.86. The first kappa shape index (κ1) is 17.0. The average molecular weight is 375 g/mol. The minimum atomic E-state index is -0.132. The number of nitrogens with zero attached hydrogens (tertiary/aromatic N) is 6. The number of fused-ring (bicyclic) bond motifs is 1. The van der Waals surface area contributed by atoms with Gasteiger partial charge in [0.05, 0.1) is 11.9 Å². The second kappa shape index (κ2) is 6.49. The van der Waals surface area contributed by atoms with Crippen molar-refractivity contribution in [2.75, 3.05) is 13.1 Å². The lowest BCUT2D eigenvalue weighted by Crippen LogP contribution is -2.21. The van der Waals surface area contributed by atoms with Crippen LogP contribution in [-0.2, 0) is 6.54 Å². The largest absolute Gasteiger partial charge is 0.310 e. The van der Waals surface area contributed by atoms with Gasteiger partial charge in [0.2, 0.25) is 0 Å². The summed E-state index contributed by atoms with van der Waals surface area (Å²) in [4.78, 5) is 31.3. The van der Waals surface area contributed by atoms with E-state index in [1.54, 1.807) is 10.9 Å².